The second-order valence-electron chi connectivity index (χ2n) is 5.71. The molecule has 3 aromatic heterocycles. The highest BCUT2D eigenvalue weighted by Gasteiger charge is 2.15. The molecule has 0 aliphatic rings. The first kappa shape index (κ1) is 18.7. The van der Waals surface area contributed by atoms with Crippen LogP contribution in [0.15, 0.2) is 53.0 Å². The van der Waals surface area contributed by atoms with Crippen molar-refractivity contribution in [1.82, 2.24) is 19.5 Å². The maximum absolute atomic E-state index is 12.6. The number of halogens is 1. The Bertz CT molecular complexity index is 1170. The average Bonchev–Trinajstić information content (AvgIpc) is 3.28. The summed E-state index contributed by atoms with van der Waals surface area (Å²) in [7, 11) is 3.47. The van der Waals surface area contributed by atoms with Gasteiger partial charge in [0.05, 0.1) is 22.4 Å². The molecule has 3 heterocycles. The van der Waals surface area contributed by atoms with Gasteiger partial charge in [-0.15, -0.1) is 0 Å². The second kappa shape index (κ2) is 7.78. The van der Waals surface area contributed by atoms with Gasteiger partial charge in [-0.2, -0.15) is 0 Å². The number of imidazole rings is 1. The highest BCUT2D eigenvalue weighted by molar-refractivity contribution is 7.99. The minimum Gasteiger partial charge on any atom is -0.494 e. The van der Waals surface area contributed by atoms with E-state index in [2.05, 4.69) is 20.3 Å². The van der Waals surface area contributed by atoms with Crippen LogP contribution < -0.4 is 10.1 Å². The van der Waals surface area contributed by atoms with Crippen molar-refractivity contribution in [2.24, 2.45) is 7.05 Å². The van der Waals surface area contributed by atoms with Crippen molar-refractivity contribution >= 4 is 56.0 Å². The van der Waals surface area contributed by atoms with Crippen LogP contribution in [0.5, 0.6) is 5.75 Å². The molecule has 1 aromatic carbocycles. The van der Waals surface area contributed by atoms with Crippen LogP contribution in [-0.2, 0) is 7.05 Å². The van der Waals surface area contributed by atoms with Gasteiger partial charge in [-0.1, -0.05) is 29.0 Å². The standard InChI is InChI=1S/C18H14ClN5O2S2/c1-24-7-6-20-18(24)28-16-11(19)8-10(9-21-16)15(25)23-17-22-14-12(26-2)4-3-5-13(14)27-17/h3-9H,1-2H3,(H,22,23,25). The largest absolute Gasteiger partial charge is 0.494 e. The number of fused-ring (bicyclic) bond motifs is 1. The van der Waals surface area contributed by atoms with Crippen LogP contribution in [0.25, 0.3) is 10.2 Å². The zero-order valence-electron chi connectivity index (χ0n) is 14.8. The van der Waals surface area contributed by atoms with Gasteiger partial charge in [-0.05, 0) is 30.0 Å². The van der Waals surface area contributed by atoms with Crippen LogP contribution in [0.2, 0.25) is 5.02 Å². The highest BCUT2D eigenvalue weighted by atomic mass is 35.5. The Hall–Kier alpha value is -2.62. The molecule has 0 aliphatic carbocycles. The van der Waals surface area contributed by atoms with E-state index in [4.69, 9.17) is 16.3 Å². The molecule has 0 atom stereocenters. The Morgan fingerprint density at radius 3 is 2.93 bits per heavy atom. The fourth-order valence-electron chi connectivity index (χ4n) is 2.47. The van der Waals surface area contributed by atoms with E-state index in [0.29, 0.717) is 32.0 Å². The Morgan fingerprint density at radius 1 is 1.36 bits per heavy atom. The van der Waals surface area contributed by atoms with Gasteiger partial charge in [0.2, 0.25) is 0 Å². The van der Waals surface area contributed by atoms with E-state index in [0.717, 1.165) is 9.86 Å². The lowest BCUT2D eigenvalue weighted by atomic mass is 10.3. The minimum atomic E-state index is -0.332. The van der Waals surface area contributed by atoms with Gasteiger partial charge >= 0.3 is 0 Å². The van der Waals surface area contributed by atoms with Crippen molar-refractivity contribution in [1.29, 1.82) is 0 Å². The number of methoxy groups -OCH3 is 1. The number of carbonyl (C=O) groups excluding carboxylic acids is 1. The summed E-state index contributed by atoms with van der Waals surface area (Å²) in [5.41, 5.74) is 1.06. The van der Waals surface area contributed by atoms with E-state index in [1.165, 1.54) is 29.3 Å². The third-order valence-corrected chi connectivity index (χ3v) is 6.29. The van der Waals surface area contributed by atoms with E-state index < -0.39 is 0 Å². The molecule has 0 saturated carbocycles. The van der Waals surface area contributed by atoms with E-state index in [9.17, 15) is 4.79 Å². The number of aromatic nitrogens is 4. The SMILES string of the molecule is COc1cccc2sc(NC(=O)c3cnc(Sc4nccn4C)c(Cl)c3)nc12. The maximum atomic E-state index is 12.6. The Balaban J connectivity index is 1.53. The normalized spacial score (nSPS) is 11.0. The lowest BCUT2D eigenvalue weighted by molar-refractivity contribution is 0.102. The van der Waals surface area contributed by atoms with Gasteiger partial charge < -0.3 is 9.30 Å². The number of carbonyl (C=O) groups is 1. The van der Waals surface area contributed by atoms with Crippen LogP contribution in [0.4, 0.5) is 5.13 Å². The quantitative estimate of drug-likeness (QED) is 0.501. The molecule has 1 amide bonds. The first-order valence-corrected chi connectivity index (χ1v) is 10.1. The number of hydrogen-bond acceptors (Lipinski definition) is 7. The Morgan fingerprint density at radius 2 is 2.21 bits per heavy atom. The molecule has 0 aliphatic heterocycles. The van der Waals surface area contributed by atoms with Crippen LogP contribution in [0.1, 0.15) is 10.4 Å². The fourth-order valence-corrected chi connectivity index (χ4v) is 4.39. The third-order valence-electron chi connectivity index (χ3n) is 3.86. The number of hydrogen-bond donors (Lipinski definition) is 1. The molecule has 0 spiro atoms. The third kappa shape index (κ3) is 3.68. The Kier molecular flexibility index (Phi) is 5.21. The average molecular weight is 432 g/mol. The summed E-state index contributed by atoms with van der Waals surface area (Å²) in [6.07, 6.45) is 5.02. The molecular formula is C18H14ClN5O2S2. The number of amides is 1. The molecule has 28 heavy (non-hydrogen) atoms. The van der Waals surface area contributed by atoms with Crippen molar-refractivity contribution in [3.8, 4) is 5.75 Å². The van der Waals surface area contributed by atoms with Crippen LogP contribution in [0, 0.1) is 0 Å². The molecule has 0 bridgehead atoms. The number of nitrogens with one attached hydrogen (secondary N) is 1. The molecule has 0 unspecified atom stereocenters. The molecule has 1 N–H and O–H groups in total. The summed E-state index contributed by atoms with van der Waals surface area (Å²) in [6.45, 7) is 0. The number of pyridine rings is 1. The van der Waals surface area contributed by atoms with Gasteiger partial charge in [0.1, 0.15) is 16.3 Å². The van der Waals surface area contributed by atoms with Gasteiger partial charge in [0.15, 0.2) is 10.3 Å². The number of anilines is 1. The number of thiazole rings is 1. The minimum absolute atomic E-state index is 0.332. The van der Waals surface area contributed by atoms with Crippen molar-refractivity contribution in [2.75, 3.05) is 12.4 Å². The molecule has 0 saturated heterocycles. The summed E-state index contributed by atoms with van der Waals surface area (Å²) < 4.78 is 8.10. The Labute approximate surface area is 173 Å². The molecule has 4 aromatic rings. The second-order valence-corrected chi connectivity index (χ2v) is 8.11. The lowest BCUT2D eigenvalue weighted by Gasteiger charge is -2.06. The van der Waals surface area contributed by atoms with Crippen molar-refractivity contribution < 1.29 is 9.53 Å². The molecule has 7 nitrogen and oxygen atoms in total. The summed E-state index contributed by atoms with van der Waals surface area (Å²) in [5.74, 6) is 0.329. The summed E-state index contributed by atoms with van der Waals surface area (Å²) >= 11 is 9.02. The zero-order chi connectivity index (χ0) is 19.7. The summed E-state index contributed by atoms with van der Waals surface area (Å²) in [6, 6.07) is 7.22. The van der Waals surface area contributed by atoms with Crippen molar-refractivity contribution in [3.63, 3.8) is 0 Å². The fraction of sp³-hybridized carbons (Fsp3) is 0.111. The number of aryl methyl sites for hydroxylation is 1. The number of benzene rings is 1. The van der Waals surface area contributed by atoms with E-state index in [1.54, 1.807) is 19.4 Å². The monoisotopic (exact) mass is 431 g/mol. The molecule has 0 radical (unpaired) electrons. The number of para-hydroxylation sites is 1. The predicted molar refractivity (Wildman–Crippen MR) is 111 cm³/mol. The first-order valence-electron chi connectivity index (χ1n) is 8.11. The van der Waals surface area contributed by atoms with Gasteiger partial charge in [0, 0.05) is 25.6 Å². The van der Waals surface area contributed by atoms with Gasteiger partial charge in [-0.3, -0.25) is 10.1 Å². The number of rotatable bonds is 5. The first-order chi connectivity index (χ1) is 13.5. The molecule has 10 heteroatoms. The number of ether oxygens (including phenoxy) is 1. The van der Waals surface area contributed by atoms with Crippen LogP contribution >= 0.6 is 34.7 Å². The summed E-state index contributed by atoms with van der Waals surface area (Å²) in [5, 5.41) is 4.99. The van der Waals surface area contributed by atoms with E-state index >= 15 is 0 Å². The van der Waals surface area contributed by atoms with Crippen LogP contribution in [-0.4, -0.2) is 32.5 Å². The molecule has 4 rings (SSSR count). The highest BCUT2D eigenvalue weighted by Crippen LogP contribution is 2.33. The van der Waals surface area contributed by atoms with Gasteiger partial charge in [0.25, 0.3) is 5.91 Å². The van der Waals surface area contributed by atoms with Crippen LogP contribution in [0.3, 0.4) is 0 Å². The van der Waals surface area contributed by atoms with Crippen molar-refractivity contribution in [2.45, 2.75) is 10.2 Å². The summed E-state index contributed by atoms with van der Waals surface area (Å²) in [4.78, 5) is 25.6. The predicted octanol–water partition coefficient (Wildman–Crippen LogP) is 4.49. The smallest absolute Gasteiger partial charge is 0.259 e. The molecule has 142 valence electrons. The lowest BCUT2D eigenvalue weighted by Crippen LogP contribution is -2.12. The van der Waals surface area contributed by atoms with Gasteiger partial charge in [-0.25, -0.2) is 15.0 Å². The van der Waals surface area contributed by atoms with Crippen molar-refractivity contribution in [3.05, 3.63) is 53.4 Å². The topological polar surface area (TPSA) is 81.9 Å². The maximum Gasteiger partial charge on any atom is 0.259 e. The number of nitrogens with zero attached hydrogens (tertiary/aromatic N) is 4. The molecular weight excluding hydrogens is 418 g/mol. The molecule has 0 fully saturated rings. The zero-order valence-corrected chi connectivity index (χ0v) is 17.2. The van der Waals surface area contributed by atoms with E-state index in [-0.39, 0.29) is 5.91 Å². The van der Waals surface area contributed by atoms with E-state index in [1.807, 2.05) is 36.0 Å².